The Hall–Kier alpha value is -1.10. The number of carbonyl (C=O) groups is 2. The molecule has 1 unspecified atom stereocenters. The van der Waals surface area contributed by atoms with E-state index in [9.17, 15) is 9.59 Å². The molecule has 0 bridgehead atoms. The summed E-state index contributed by atoms with van der Waals surface area (Å²) >= 11 is 0. The summed E-state index contributed by atoms with van der Waals surface area (Å²) in [5.41, 5.74) is -0.791. The molecule has 1 heterocycles. The van der Waals surface area contributed by atoms with Crippen LogP contribution in [0.4, 0.5) is 0 Å². The molecule has 1 aliphatic heterocycles. The minimum atomic E-state index is -0.791. The number of esters is 1. The molecule has 1 fully saturated rings. The van der Waals surface area contributed by atoms with Gasteiger partial charge in [-0.1, -0.05) is 0 Å². The van der Waals surface area contributed by atoms with Crippen LogP contribution in [-0.4, -0.2) is 37.6 Å². The van der Waals surface area contributed by atoms with E-state index >= 15 is 0 Å². The van der Waals surface area contributed by atoms with Gasteiger partial charge in [-0.05, 0) is 6.92 Å². The van der Waals surface area contributed by atoms with E-state index in [0.717, 1.165) is 0 Å². The fourth-order valence-electron chi connectivity index (χ4n) is 1.25. The third kappa shape index (κ3) is 2.18. The molecule has 0 saturated carbocycles. The molecule has 0 radical (unpaired) electrons. The lowest BCUT2D eigenvalue weighted by atomic mass is 10.0. The van der Waals surface area contributed by atoms with Crippen molar-refractivity contribution < 1.29 is 14.3 Å². The van der Waals surface area contributed by atoms with E-state index in [-0.39, 0.29) is 18.4 Å². The van der Waals surface area contributed by atoms with E-state index in [0.29, 0.717) is 13.0 Å². The quantitative estimate of drug-likeness (QED) is 0.517. The molecule has 74 valence electrons. The third-order valence-corrected chi connectivity index (χ3v) is 2.14. The van der Waals surface area contributed by atoms with E-state index in [1.807, 2.05) is 0 Å². The summed E-state index contributed by atoms with van der Waals surface area (Å²) in [5.74, 6) is -0.394. The largest absolute Gasteiger partial charge is 0.468 e. The maximum atomic E-state index is 11.3. The summed E-state index contributed by atoms with van der Waals surface area (Å²) in [4.78, 5) is 22.3. The van der Waals surface area contributed by atoms with Gasteiger partial charge >= 0.3 is 5.97 Å². The Kier molecular flexibility index (Phi) is 2.87. The van der Waals surface area contributed by atoms with Crippen LogP contribution in [0.1, 0.15) is 13.3 Å². The average Bonchev–Trinajstić information content (AvgIpc) is 2.28. The first kappa shape index (κ1) is 9.98. The predicted molar refractivity (Wildman–Crippen MR) is 46.1 cm³/mol. The number of nitrogens with one attached hydrogen (secondary N) is 2. The zero-order valence-corrected chi connectivity index (χ0v) is 7.85. The Morgan fingerprint density at radius 2 is 2.31 bits per heavy atom. The molecule has 0 aromatic rings. The maximum absolute atomic E-state index is 11.3. The first-order chi connectivity index (χ1) is 6.08. The SMILES string of the molecule is COC(=O)C1(C)CNC(=O)CCN1. The number of carbonyl (C=O) groups excluding carboxylic acids is 2. The minimum Gasteiger partial charge on any atom is -0.468 e. The maximum Gasteiger partial charge on any atom is 0.327 e. The minimum absolute atomic E-state index is 0.0415. The van der Waals surface area contributed by atoms with E-state index < -0.39 is 5.54 Å². The summed E-state index contributed by atoms with van der Waals surface area (Å²) in [7, 11) is 1.34. The van der Waals surface area contributed by atoms with Crippen molar-refractivity contribution in [2.24, 2.45) is 0 Å². The van der Waals surface area contributed by atoms with E-state index in [1.165, 1.54) is 7.11 Å². The Balaban J connectivity index is 2.67. The Morgan fingerprint density at radius 1 is 1.62 bits per heavy atom. The summed E-state index contributed by atoms with van der Waals surface area (Å²) in [5, 5.41) is 5.63. The predicted octanol–water partition coefficient (Wildman–Crippen LogP) is -0.972. The first-order valence-corrected chi connectivity index (χ1v) is 4.18. The number of rotatable bonds is 1. The van der Waals surface area contributed by atoms with Gasteiger partial charge in [-0.2, -0.15) is 0 Å². The number of methoxy groups -OCH3 is 1. The highest BCUT2D eigenvalue weighted by molar-refractivity contribution is 5.83. The molecule has 0 spiro atoms. The van der Waals surface area contributed by atoms with Crippen molar-refractivity contribution in [1.29, 1.82) is 0 Å². The van der Waals surface area contributed by atoms with Gasteiger partial charge in [0.05, 0.1) is 7.11 Å². The standard InChI is InChI=1S/C8H14N2O3/c1-8(7(12)13-2)5-9-6(11)3-4-10-8/h10H,3-5H2,1-2H3,(H,9,11). The fraction of sp³-hybridized carbons (Fsp3) is 0.750. The zero-order valence-electron chi connectivity index (χ0n) is 7.85. The Bertz CT molecular complexity index is 229. The van der Waals surface area contributed by atoms with Gasteiger partial charge in [0.1, 0.15) is 5.54 Å². The molecule has 0 aromatic carbocycles. The van der Waals surface area contributed by atoms with E-state index in [1.54, 1.807) is 6.92 Å². The van der Waals surface area contributed by atoms with Gasteiger partial charge in [0.15, 0.2) is 0 Å². The lowest BCUT2D eigenvalue weighted by Gasteiger charge is -2.25. The van der Waals surface area contributed by atoms with Crippen molar-refractivity contribution in [2.45, 2.75) is 18.9 Å². The van der Waals surface area contributed by atoms with Crippen molar-refractivity contribution in [3.63, 3.8) is 0 Å². The Morgan fingerprint density at radius 3 is 2.92 bits per heavy atom. The normalized spacial score (nSPS) is 28.9. The molecule has 5 heteroatoms. The smallest absolute Gasteiger partial charge is 0.327 e. The number of hydrogen-bond donors (Lipinski definition) is 2. The van der Waals surface area contributed by atoms with E-state index in [2.05, 4.69) is 15.4 Å². The molecule has 2 N–H and O–H groups in total. The van der Waals surface area contributed by atoms with Gasteiger partial charge in [-0.3, -0.25) is 4.79 Å². The van der Waals surface area contributed by atoms with Crippen molar-refractivity contribution in [3.8, 4) is 0 Å². The van der Waals surface area contributed by atoms with Gasteiger partial charge in [-0.25, -0.2) is 4.79 Å². The van der Waals surface area contributed by atoms with Gasteiger partial charge < -0.3 is 15.4 Å². The zero-order chi connectivity index (χ0) is 9.90. The molecule has 1 saturated heterocycles. The summed E-state index contributed by atoms with van der Waals surface area (Å²) in [6.07, 6.45) is 0.395. The second kappa shape index (κ2) is 3.74. The number of ether oxygens (including phenoxy) is 1. The molecule has 0 aliphatic carbocycles. The average molecular weight is 186 g/mol. The van der Waals surface area contributed by atoms with E-state index in [4.69, 9.17) is 0 Å². The first-order valence-electron chi connectivity index (χ1n) is 4.18. The van der Waals surface area contributed by atoms with Crippen LogP contribution < -0.4 is 10.6 Å². The molecule has 1 amide bonds. The molecule has 0 aromatic heterocycles. The molecule has 1 rings (SSSR count). The highest BCUT2D eigenvalue weighted by Crippen LogP contribution is 2.07. The molecule has 5 nitrogen and oxygen atoms in total. The summed E-state index contributed by atoms with van der Waals surface area (Å²) < 4.78 is 4.63. The van der Waals surface area contributed by atoms with Crippen LogP contribution in [0.15, 0.2) is 0 Å². The van der Waals surface area contributed by atoms with Gasteiger partial charge in [0.25, 0.3) is 0 Å². The van der Waals surface area contributed by atoms with Gasteiger partial charge in [0.2, 0.25) is 5.91 Å². The highest BCUT2D eigenvalue weighted by atomic mass is 16.5. The molecular formula is C8H14N2O3. The third-order valence-electron chi connectivity index (χ3n) is 2.14. The van der Waals surface area contributed by atoms with Crippen molar-refractivity contribution in [2.75, 3.05) is 20.2 Å². The topological polar surface area (TPSA) is 67.4 Å². The lowest BCUT2D eigenvalue weighted by molar-refractivity contribution is -0.147. The molecule has 13 heavy (non-hydrogen) atoms. The molecule has 1 atom stereocenters. The Labute approximate surface area is 76.8 Å². The highest BCUT2D eigenvalue weighted by Gasteiger charge is 2.35. The van der Waals surface area contributed by atoms with Crippen LogP contribution >= 0.6 is 0 Å². The molecule has 1 aliphatic rings. The van der Waals surface area contributed by atoms with Crippen LogP contribution in [0.2, 0.25) is 0 Å². The van der Waals surface area contributed by atoms with Crippen LogP contribution in [0.3, 0.4) is 0 Å². The van der Waals surface area contributed by atoms with Crippen LogP contribution in [-0.2, 0) is 14.3 Å². The number of hydrogen-bond acceptors (Lipinski definition) is 4. The van der Waals surface area contributed by atoms with Crippen molar-refractivity contribution >= 4 is 11.9 Å². The van der Waals surface area contributed by atoms with Crippen molar-refractivity contribution in [3.05, 3.63) is 0 Å². The van der Waals surface area contributed by atoms with Gasteiger partial charge in [-0.15, -0.1) is 0 Å². The second-order valence-electron chi connectivity index (χ2n) is 3.28. The lowest BCUT2D eigenvalue weighted by Crippen LogP contribution is -2.55. The monoisotopic (exact) mass is 186 g/mol. The van der Waals surface area contributed by atoms with Gasteiger partial charge in [0, 0.05) is 19.5 Å². The van der Waals surface area contributed by atoms with Crippen LogP contribution in [0.25, 0.3) is 0 Å². The fourth-order valence-corrected chi connectivity index (χ4v) is 1.25. The second-order valence-corrected chi connectivity index (χ2v) is 3.28. The van der Waals surface area contributed by atoms with Crippen molar-refractivity contribution in [1.82, 2.24) is 10.6 Å². The summed E-state index contributed by atoms with van der Waals surface area (Å²) in [6.45, 7) is 2.49. The van der Waals surface area contributed by atoms with Crippen LogP contribution in [0, 0.1) is 0 Å². The van der Waals surface area contributed by atoms with Crippen LogP contribution in [0.5, 0.6) is 0 Å². The summed E-state index contributed by atoms with van der Waals surface area (Å²) in [6, 6.07) is 0. The molecular weight excluding hydrogens is 172 g/mol. The number of amides is 1.